The molecule has 1 aliphatic carbocycles. The van der Waals surface area contributed by atoms with Crippen molar-refractivity contribution >= 4 is 33.0 Å². The second-order valence-corrected chi connectivity index (χ2v) is 9.60. The molecule has 26 heavy (non-hydrogen) atoms. The maximum Gasteiger partial charge on any atom is 0.243 e. The number of phenols is 1. The van der Waals surface area contributed by atoms with Gasteiger partial charge in [0.05, 0.1) is 10.6 Å². The summed E-state index contributed by atoms with van der Waals surface area (Å²) in [6.45, 7) is 3.30. The summed E-state index contributed by atoms with van der Waals surface area (Å²) in [5.74, 6) is 0.519. The number of hydrogen-bond donors (Lipinski definition) is 3. The molecular formula is C18H27N3O3S2. The van der Waals surface area contributed by atoms with Crippen molar-refractivity contribution in [2.75, 3.05) is 18.4 Å². The summed E-state index contributed by atoms with van der Waals surface area (Å²) in [5, 5.41) is 16.8. The van der Waals surface area contributed by atoms with E-state index in [2.05, 4.69) is 17.6 Å². The van der Waals surface area contributed by atoms with Crippen molar-refractivity contribution in [2.24, 2.45) is 5.92 Å². The molecule has 0 radical (unpaired) electrons. The first-order chi connectivity index (χ1) is 12.4. The molecule has 0 spiro atoms. The van der Waals surface area contributed by atoms with Crippen LogP contribution in [0.5, 0.6) is 5.75 Å². The Morgan fingerprint density at radius 2 is 1.88 bits per heavy atom. The Bertz CT molecular complexity index is 761. The first kappa shape index (κ1) is 19.4. The van der Waals surface area contributed by atoms with E-state index in [1.807, 2.05) is 0 Å². The van der Waals surface area contributed by atoms with Crippen LogP contribution in [0.3, 0.4) is 0 Å². The Kier molecular flexibility index (Phi) is 6.04. The molecule has 0 amide bonds. The van der Waals surface area contributed by atoms with E-state index in [1.54, 1.807) is 0 Å². The molecule has 3 N–H and O–H groups in total. The van der Waals surface area contributed by atoms with E-state index in [0.717, 1.165) is 19.3 Å². The van der Waals surface area contributed by atoms with Gasteiger partial charge in [0.15, 0.2) is 5.11 Å². The van der Waals surface area contributed by atoms with Gasteiger partial charge in [0.2, 0.25) is 10.0 Å². The van der Waals surface area contributed by atoms with E-state index in [0.29, 0.717) is 35.8 Å². The SMILES string of the molecule is C[C@@H]1CCCC[C@H]1NC(=S)Nc1cc(S(=O)(=O)N2CCCC2)ccc1O. The maximum absolute atomic E-state index is 12.7. The van der Waals surface area contributed by atoms with Gasteiger partial charge in [0.1, 0.15) is 5.75 Å². The summed E-state index contributed by atoms with van der Waals surface area (Å²) < 4.78 is 26.9. The van der Waals surface area contributed by atoms with Gasteiger partial charge in [-0.1, -0.05) is 19.8 Å². The van der Waals surface area contributed by atoms with Crippen LogP contribution in [0.1, 0.15) is 45.4 Å². The topological polar surface area (TPSA) is 81.7 Å². The summed E-state index contributed by atoms with van der Waals surface area (Å²) in [6, 6.07) is 4.61. The monoisotopic (exact) mass is 397 g/mol. The highest BCUT2D eigenvalue weighted by Gasteiger charge is 2.28. The second kappa shape index (κ2) is 8.10. The number of phenolic OH excluding ortho intramolecular Hbond substituents is 1. The molecule has 0 bridgehead atoms. The van der Waals surface area contributed by atoms with Crippen LogP contribution in [0.15, 0.2) is 23.1 Å². The lowest BCUT2D eigenvalue weighted by atomic mass is 9.86. The third kappa shape index (κ3) is 4.29. The highest BCUT2D eigenvalue weighted by molar-refractivity contribution is 7.89. The zero-order chi connectivity index (χ0) is 18.7. The van der Waals surface area contributed by atoms with Crippen LogP contribution in [-0.2, 0) is 10.0 Å². The van der Waals surface area contributed by atoms with Gasteiger partial charge in [0.25, 0.3) is 0 Å². The van der Waals surface area contributed by atoms with Crippen LogP contribution >= 0.6 is 12.2 Å². The van der Waals surface area contributed by atoms with Gasteiger partial charge in [0, 0.05) is 19.1 Å². The summed E-state index contributed by atoms with van der Waals surface area (Å²) in [4.78, 5) is 0.175. The van der Waals surface area contributed by atoms with Gasteiger partial charge >= 0.3 is 0 Å². The minimum absolute atomic E-state index is 0.0220. The number of rotatable bonds is 4. The van der Waals surface area contributed by atoms with Gasteiger partial charge in [-0.15, -0.1) is 0 Å². The van der Waals surface area contributed by atoms with E-state index < -0.39 is 10.0 Å². The van der Waals surface area contributed by atoms with E-state index in [1.165, 1.54) is 41.8 Å². The number of hydrogen-bond acceptors (Lipinski definition) is 4. The summed E-state index contributed by atoms with van der Waals surface area (Å²) in [6.07, 6.45) is 6.44. The molecule has 2 atom stereocenters. The average molecular weight is 398 g/mol. The van der Waals surface area contributed by atoms with Crippen molar-refractivity contribution in [2.45, 2.75) is 56.4 Å². The normalized spacial score (nSPS) is 24.3. The molecular weight excluding hydrogens is 370 g/mol. The predicted molar refractivity (Wildman–Crippen MR) is 107 cm³/mol. The van der Waals surface area contributed by atoms with Crippen LogP contribution in [0, 0.1) is 5.92 Å². The molecule has 0 unspecified atom stereocenters. The molecule has 1 saturated carbocycles. The Hall–Kier alpha value is -1.38. The Labute approximate surface area is 161 Å². The van der Waals surface area contributed by atoms with Gasteiger partial charge in [-0.25, -0.2) is 8.42 Å². The number of benzene rings is 1. The lowest BCUT2D eigenvalue weighted by Gasteiger charge is -2.30. The highest BCUT2D eigenvalue weighted by Crippen LogP contribution is 2.29. The van der Waals surface area contributed by atoms with E-state index in [-0.39, 0.29) is 10.6 Å². The summed E-state index contributed by atoms with van der Waals surface area (Å²) >= 11 is 5.38. The third-order valence-corrected chi connectivity index (χ3v) is 7.46. The van der Waals surface area contributed by atoms with Crippen molar-refractivity contribution in [3.8, 4) is 5.75 Å². The molecule has 144 valence electrons. The number of nitrogens with zero attached hydrogens (tertiary/aromatic N) is 1. The molecule has 1 saturated heterocycles. The van der Waals surface area contributed by atoms with Crippen LogP contribution in [-0.4, -0.2) is 42.1 Å². The molecule has 2 aliphatic rings. The van der Waals surface area contributed by atoms with Gasteiger partial charge < -0.3 is 15.7 Å². The largest absolute Gasteiger partial charge is 0.506 e. The molecule has 3 rings (SSSR count). The molecule has 1 aromatic rings. The molecule has 0 aromatic heterocycles. The molecule has 2 fully saturated rings. The van der Waals surface area contributed by atoms with Crippen molar-refractivity contribution < 1.29 is 13.5 Å². The number of thiocarbonyl (C=S) groups is 1. The summed E-state index contributed by atoms with van der Waals surface area (Å²) in [7, 11) is -3.53. The van der Waals surface area contributed by atoms with Crippen molar-refractivity contribution in [1.29, 1.82) is 0 Å². The van der Waals surface area contributed by atoms with Crippen LogP contribution in [0.4, 0.5) is 5.69 Å². The summed E-state index contributed by atoms with van der Waals surface area (Å²) in [5.41, 5.74) is 0.311. The van der Waals surface area contributed by atoms with Crippen LogP contribution in [0.25, 0.3) is 0 Å². The standard InChI is InChI=1S/C18H27N3O3S2/c1-13-6-2-3-7-15(13)19-18(25)20-16-12-14(8-9-17(16)22)26(23,24)21-10-4-5-11-21/h8-9,12-13,15,22H,2-7,10-11H2,1H3,(H2,19,20,25)/t13-,15-/m1/s1. The Balaban J connectivity index is 1.72. The quantitative estimate of drug-likeness (QED) is 0.535. The van der Waals surface area contributed by atoms with Crippen LogP contribution in [0.2, 0.25) is 0 Å². The molecule has 8 heteroatoms. The minimum Gasteiger partial charge on any atom is -0.506 e. The fourth-order valence-electron chi connectivity index (χ4n) is 3.71. The highest BCUT2D eigenvalue weighted by atomic mass is 32.2. The first-order valence-corrected chi connectivity index (χ1v) is 11.1. The Morgan fingerprint density at radius 3 is 2.58 bits per heavy atom. The fourth-order valence-corrected chi connectivity index (χ4v) is 5.52. The van der Waals surface area contributed by atoms with Gasteiger partial charge in [-0.3, -0.25) is 0 Å². The van der Waals surface area contributed by atoms with Crippen LogP contribution < -0.4 is 10.6 Å². The van der Waals surface area contributed by atoms with Crippen molar-refractivity contribution in [1.82, 2.24) is 9.62 Å². The minimum atomic E-state index is -3.53. The van der Waals surface area contributed by atoms with Gasteiger partial charge in [-0.2, -0.15) is 4.31 Å². The molecule has 1 heterocycles. The average Bonchev–Trinajstić information content (AvgIpc) is 3.14. The number of nitrogens with one attached hydrogen (secondary N) is 2. The van der Waals surface area contributed by atoms with Gasteiger partial charge in [-0.05, 0) is 62.0 Å². The van der Waals surface area contributed by atoms with E-state index in [4.69, 9.17) is 12.2 Å². The van der Waals surface area contributed by atoms with Crippen molar-refractivity contribution in [3.63, 3.8) is 0 Å². The Morgan fingerprint density at radius 1 is 1.19 bits per heavy atom. The molecule has 6 nitrogen and oxygen atoms in total. The fraction of sp³-hybridized carbons (Fsp3) is 0.611. The second-order valence-electron chi connectivity index (χ2n) is 7.26. The number of anilines is 1. The third-order valence-electron chi connectivity index (χ3n) is 5.35. The zero-order valence-electron chi connectivity index (χ0n) is 15.1. The predicted octanol–water partition coefficient (Wildman–Crippen LogP) is 3.04. The number of sulfonamides is 1. The van der Waals surface area contributed by atoms with E-state index >= 15 is 0 Å². The van der Waals surface area contributed by atoms with E-state index in [9.17, 15) is 13.5 Å². The lowest BCUT2D eigenvalue weighted by Crippen LogP contribution is -2.43. The lowest BCUT2D eigenvalue weighted by molar-refractivity contribution is 0.309. The smallest absolute Gasteiger partial charge is 0.243 e. The molecule has 1 aliphatic heterocycles. The number of aromatic hydroxyl groups is 1. The maximum atomic E-state index is 12.7. The first-order valence-electron chi connectivity index (χ1n) is 9.28. The zero-order valence-corrected chi connectivity index (χ0v) is 16.7. The van der Waals surface area contributed by atoms with Crippen molar-refractivity contribution in [3.05, 3.63) is 18.2 Å². The molecule has 1 aromatic carbocycles.